The lowest BCUT2D eigenvalue weighted by atomic mass is 10.1. The van der Waals surface area contributed by atoms with E-state index in [1.54, 1.807) is 31.2 Å². The van der Waals surface area contributed by atoms with Crippen molar-refractivity contribution in [3.05, 3.63) is 70.8 Å². The summed E-state index contributed by atoms with van der Waals surface area (Å²) in [6, 6.07) is 9.51. The van der Waals surface area contributed by atoms with Crippen LogP contribution in [0.3, 0.4) is 0 Å². The maximum absolute atomic E-state index is 13.3. The molecule has 2 rings (SSSR count). The number of benzene rings is 2. The Labute approximate surface area is 169 Å². The Morgan fingerprint density at radius 2 is 1.79 bits per heavy atom. The fourth-order valence-electron chi connectivity index (χ4n) is 2.61. The van der Waals surface area contributed by atoms with Crippen molar-refractivity contribution in [3.8, 4) is 0 Å². The number of likely N-dealkylation sites (N-methyl/N-ethyl adjacent to an activating group) is 1. The number of halogens is 2. The number of nitrogens with one attached hydrogen (secondary N) is 3. The summed E-state index contributed by atoms with van der Waals surface area (Å²) in [5.74, 6) is -2.07. The molecule has 0 aromatic heterocycles. The van der Waals surface area contributed by atoms with Gasteiger partial charge in [0.1, 0.15) is 0 Å². The van der Waals surface area contributed by atoms with Crippen molar-refractivity contribution in [2.45, 2.75) is 19.5 Å². The van der Waals surface area contributed by atoms with Crippen molar-refractivity contribution in [1.82, 2.24) is 20.9 Å². The molecule has 3 amide bonds. The Hall–Kier alpha value is -3.00. The van der Waals surface area contributed by atoms with Gasteiger partial charge in [0, 0.05) is 25.2 Å². The summed E-state index contributed by atoms with van der Waals surface area (Å²) in [6.45, 7) is 3.17. The number of hydrogen-bond donors (Lipinski definition) is 3. The van der Waals surface area contributed by atoms with E-state index >= 15 is 0 Å². The molecule has 0 aliphatic rings. The zero-order valence-electron chi connectivity index (χ0n) is 16.8. The van der Waals surface area contributed by atoms with Gasteiger partial charge in [0.2, 0.25) is 0 Å². The van der Waals surface area contributed by atoms with E-state index in [1.165, 1.54) is 6.07 Å². The Bertz CT molecular complexity index is 858. The third-order valence-electron chi connectivity index (χ3n) is 4.28. The van der Waals surface area contributed by atoms with Gasteiger partial charge in [0.05, 0.1) is 6.04 Å². The molecule has 3 N–H and O–H groups in total. The van der Waals surface area contributed by atoms with E-state index in [0.29, 0.717) is 17.7 Å². The highest BCUT2D eigenvalue weighted by molar-refractivity contribution is 5.94. The van der Waals surface area contributed by atoms with Gasteiger partial charge in [-0.05, 0) is 56.4 Å². The van der Waals surface area contributed by atoms with Crippen LogP contribution in [0.15, 0.2) is 42.5 Å². The molecule has 0 bridgehead atoms. The van der Waals surface area contributed by atoms with Crippen LogP contribution in [0.4, 0.5) is 13.6 Å². The van der Waals surface area contributed by atoms with Crippen LogP contribution in [0.25, 0.3) is 0 Å². The number of rotatable bonds is 8. The number of urea groups is 1. The first kappa shape index (κ1) is 22.3. The fourth-order valence-corrected chi connectivity index (χ4v) is 2.61. The predicted octanol–water partition coefficient (Wildman–Crippen LogP) is 2.82. The SMILES string of the molecule is CC(NC(=O)NCc1cccc(C(=O)NCCN(C)C)c1)c1ccc(F)c(F)c1. The lowest BCUT2D eigenvalue weighted by molar-refractivity contribution is 0.0951. The molecule has 0 heterocycles. The number of carbonyl (C=O) groups excluding carboxylic acids is 2. The molecule has 0 fully saturated rings. The topological polar surface area (TPSA) is 73.5 Å². The maximum atomic E-state index is 13.3. The molecular formula is C21H26F2N4O2. The molecule has 156 valence electrons. The molecule has 8 heteroatoms. The monoisotopic (exact) mass is 404 g/mol. The second-order valence-electron chi connectivity index (χ2n) is 6.98. The third-order valence-corrected chi connectivity index (χ3v) is 4.28. The minimum atomic E-state index is -0.961. The summed E-state index contributed by atoms with van der Waals surface area (Å²) in [5, 5.41) is 8.20. The lowest BCUT2D eigenvalue weighted by Crippen LogP contribution is -2.36. The lowest BCUT2D eigenvalue weighted by Gasteiger charge is -2.15. The summed E-state index contributed by atoms with van der Waals surface area (Å²) in [5.41, 5.74) is 1.73. The predicted molar refractivity (Wildman–Crippen MR) is 107 cm³/mol. The molecule has 0 radical (unpaired) electrons. The zero-order valence-corrected chi connectivity index (χ0v) is 16.8. The molecule has 6 nitrogen and oxygen atoms in total. The molecule has 0 saturated carbocycles. The molecule has 2 aromatic rings. The molecule has 1 unspecified atom stereocenters. The van der Waals surface area contributed by atoms with Crippen LogP contribution in [-0.4, -0.2) is 44.0 Å². The van der Waals surface area contributed by atoms with Crippen molar-refractivity contribution in [1.29, 1.82) is 0 Å². The van der Waals surface area contributed by atoms with Gasteiger partial charge in [-0.3, -0.25) is 4.79 Å². The Morgan fingerprint density at radius 1 is 1.03 bits per heavy atom. The molecule has 1 atom stereocenters. The summed E-state index contributed by atoms with van der Waals surface area (Å²) in [7, 11) is 3.86. The number of amides is 3. The smallest absolute Gasteiger partial charge is 0.315 e. The summed E-state index contributed by atoms with van der Waals surface area (Å²) < 4.78 is 26.3. The molecule has 0 saturated heterocycles. The van der Waals surface area contributed by atoms with Gasteiger partial charge in [0.25, 0.3) is 5.91 Å². The van der Waals surface area contributed by atoms with Gasteiger partial charge in [0.15, 0.2) is 11.6 Å². The van der Waals surface area contributed by atoms with Gasteiger partial charge in [-0.2, -0.15) is 0 Å². The number of hydrogen-bond acceptors (Lipinski definition) is 3. The Morgan fingerprint density at radius 3 is 2.48 bits per heavy atom. The number of carbonyl (C=O) groups is 2. The first-order valence-electron chi connectivity index (χ1n) is 9.27. The van der Waals surface area contributed by atoms with Crippen molar-refractivity contribution in [3.63, 3.8) is 0 Å². The Balaban J connectivity index is 1.86. The van der Waals surface area contributed by atoms with Crippen LogP contribution >= 0.6 is 0 Å². The molecule has 0 aliphatic carbocycles. The molecule has 29 heavy (non-hydrogen) atoms. The van der Waals surface area contributed by atoms with Gasteiger partial charge in [-0.25, -0.2) is 13.6 Å². The second-order valence-corrected chi connectivity index (χ2v) is 6.98. The maximum Gasteiger partial charge on any atom is 0.315 e. The summed E-state index contributed by atoms with van der Waals surface area (Å²) in [4.78, 5) is 26.3. The van der Waals surface area contributed by atoms with E-state index in [4.69, 9.17) is 0 Å². The largest absolute Gasteiger partial charge is 0.351 e. The van der Waals surface area contributed by atoms with Crippen molar-refractivity contribution >= 4 is 11.9 Å². The van der Waals surface area contributed by atoms with E-state index in [0.717, 1.165) is 24.2 Å². The van der Waals surface area contributed by atoms with Crippen LogP contribution < -0.4 is 16.0 Å². The molecular weight excluding hydrogens is 378 g/mol. The van der Waals surface area contributed by atoms with Crippen LogP contribution in [-0.2, 0) is 6.54 Å². The molecule has 0 aliphatic heterocycles. The highest BCUT2D eigenvalue weighted by atomic mass is 19.2. The van der Waals surface area contributed by atoms with Crippen LogP contribution in [0.1, 0.15) is 34.5 Å². The van der Waals surface area contributed by atoms with Crippen LogP contribution in [0, 0.1) is 11.6 Å². The highest BCUT2D eigenvalue weighted by Gasteiger charge is 2.12. The average Bonchev–Trinajstić information content (AvgIpc) is 2.68. The highest BCUT2D eigenvalue weighted by Crippen LogP contribution is 2.15. The quantitative estimate of drug-likeness (QED) is 0.634. The van der Waals surface area contributed by atoms with Gasteiger partial charge in [-0.1, -0.05) is 18.2 Å². The summed E-state index contributed by atoms with van der Waals surface area (Å²) in [6.07, 6.45) is 0. The van der Waals surface area contributed by atoms with E-state index in [1.807, 2.05) is 19.0 Å². The first-order valence-corrected chi connectivity index (χ1v) is 9.27. The summed E-state index contributed by atoms with van der Waals surface area (Å²) >= 11 is 0. The van der Waals surface area contributed by atoms with Crippen molar-refractivity contribution < 1.29 is 18.4 Å². The van der Waals surface area contributed by atoms with E-state index in [-0.39, 0.29) is 12.5 Å². The molecule has 2 aromatic carbocycles. The minimum absolute atomic E-state index is 0.176. The van der Waals surface area contributed by atoms with Gasteiger partial charge >= 0.3 is 6.03 Å². The van der Waals surface area contributed by atoms with E-state index in [9.17, 15) is 18.4 Å². The van der Waals surface area contributed by atoms with Crippen molar-refractivity contribution in [2.75, 3.05) is 27.2 Å². The normalized spacial score (nSPS) is 11.8. The number of nitrogens with zero attached hydrogens (tertiary/aromatic N) is 1. The second kappa shape index (κ2) is 10.5. The average molecular weight is 404 g/mol. The van der Waals surface area contributed by atoms with Crippen molar-refractivity contribution in [2.24, 2.45) is 0 Å². The zero-order chi connectivity index (χ0) is 21.4. The van der Waals surface area contributed by atoms with E-state index < -0.39 is 23.7 Å². The molecule has 0 spiro atoms. The van der Waals surface area contributed by atoms with Crippen LogP contribution in [0.5, 0.6) is 0 Å². The third kappa shape index (κ3) is 7.15. The van der Waals surface area contributed by atoms with E-state index in [2.05, 4.69) is 16.0 Å². The van der Waals surface area contributed by atoms with Crippen LogP contribution in [0.2, 0.25) is 0 Å². The fraction of sp³-hybridized carbons (Fsp3) is 0.333. The Kier molecular flexibility index (Phi) is 8.09. The minimum Gasteiger partial charge on any atom is -0.351 e. The van der Waals surface area contributed by atoms with Gasteiger partial charge < -0.3 is 20.9 Å². The first-order chi connectivity index (χ1) is 13.8. The standard InChI is InChI=1S/C21H26F2N4O2/c1-14(16-7-8-18(22)19(23)12-16)26-21(29)25-13-15-5-4-6-17(11-15)20(28)24-9-10-27(2)3/h4-8,11-12,14H,9-10,13H2,1-3H3,(H,24,28)(H2,25,26,29). The van der Waals surface area contributed by atoms with Gasteiger partial charge in [-0.15, -0.1) is 0 Å².